The number of para-hydroxylation sites is 1. The summed E-state index contributed by atoms with van der Waals surface area (Å²) in [6.07, 6.45) is 4.35. The van der Waals surface area contributed by atoms with Crippen molar-refractivity contribution in [3.8, 4) is 22.5 Å². The number of hydrogen-bond acceptors (Lipinski definition) is 0. The van der Waals surface area contributed by atoms with Gasteiger partial charge < -0.3 is 9.13 Å². The number of fused-ring (bicyclic) bond motifs is 8. The molecule has 0 fully saturated rings. The van der Waals surface area contributed by atoms with E-state index in [1.54, 1.807) is 0 Å². The van der Waals surface area contributed by atoms with Crippen LogP contribution >= 0.6 is 0 Å². The van der Waals surface area contributed by atoms with E-state index in [2.05, 4.69) is 167 Å². The minimum absolute atomic E-state index is 1.17. The summed E-state index contributed by atoms with van der Waals surface area (Å²) in [6.45, 7) is 0. The molecule has 0 saturated carbocycles. The number of nitrogens with zero attached hydrogens (tertiary/aromatic N) is 2. The molecule has 2 nitrogen and oxygen atoms in total. The molecule has 0 atom stereocenters. The third-order valence-corrected chi connectivity index (χ3v) is 8.76. The van der Waals surface area contributed by atoms with Crippen LogP contribution in [0, 0.1) is 0 Å². The Labute approximate surface area is 243 Å². The highest BCUT2D eigenvalue weighted by molar-refractivity contribution is 6.25. The Kier molecular flexibility index (Phi) is 4.93. The molecule has 7 aromatic carbocycles. The molecule has 0 bridgehead atoms. The summed E-state index contributed by atoms with van der Waals surface area (Å²) in [6, 6.07) is 52.9. The maximum absolute atomic E-state index is 2.35. The minimum Gasteiger partial charge on any atom is -0.317 e. The second kappa shape index (κ2) is 8.95. The lowest BCUT2D eigenvalue weighted by Gasteiger charge is -2.13. The van der Waals surface area contributed by atoms with Gasteiger partial charge in [-0.3, -0.25) is 0 Å². The molecule has 2 aromatic heterocycles. The zero-order valence-electron chi connectivity index (χ0n) is 22.9. The molecule has 0 amide bonds. The number of benzene rings is 7. The minimum atomic E-state index is 1.17. The first-order chi connectivity index (χ1) is 20.8. The number of aromatic nitrogens is 2. The molecule has 196 valence electrons. The van der Waals surface area contributed by atoms with Crippen LogP contribution in [0.3, 0.4) is 0 Å². The molecule has 0 aliphatic carbocycles. The van der Waals surface area contributed by atoms with Crippen LogP contribution in [0.5, 0.6) is 0 Å². The van der Waals surface area contributed by atoms with Crippen LogP contribution in [-0.2, 0) is 0 Å². The molecule has 9 rings (SSSR count). The van der Waals surface area contributed by atoms with Gasteiger partial charge in [-0.15, -0.1) is 0 Å². The second-order valence-corrected chi connectivity index (χ2v) is 11.1. The maximum atomic E-state index is 2.35. The van der Waals surface area contributed by atoms with E-state index in [4.69, 9.17) is 0 Å². The van der Waals surface area contributed by atoms with E-state index in [1.165, 1.54) is 76.6 Å². The average molecular weight is 535 g/mol. The first-order valence-electron chi connectivity index (χ1n) is 14.4. The van der Waals surface area contributed by atoms with Crippen molar-refractivity contribution < 1.29 is 0 Å². The van der Waals surface area contributed by atoms with E-state index in [9.17, 15) is 0 Å². The highest BCUT2D eigenvalue weighted by atomic mass is 15.0. The van der Waals surface area contributed by atoms with Crippen molar-refractivity contribution in [3.05, 3.63) is 158 Å². The van der Waals surface area contributed by atoms with Crippen molar-refractivity contribution >= 4 is 54.1 Å². The number of rotatable bonds is 3. The van der Waals surface area contributed by atoms with Gasteiger partial charge in [0.1, 0.15) is 0 Å². The quantitative estimate of drug-likeness (QED) is 0.200. The maximum Gasteiger partial charge on any atom is 0.0534 e. The lowest BCUT2D eigenvalue weighted by atomic mass is 9.94. The Balaban J connectivity index is 1.17. The third-order valence-electron chi connectivity index (χ3n) is 8.76. The molecule has 0 aliphatic heterocycles. The van der Waals surface area contributed by atoms with Gasteiger partial charge in [0.25, 0.3) is 0 Å². The average Bonchev–Trinajstić information content (AvgIpc) is 3.69. The van der Waals surface area contributed by atoms with Crippen LogP contribution in [0.25, 0.3) is 76.6 Å². The zero-order valence-corrected chi connectivity index (χ0v) is 22.9. The number of hydrogen-bond donors (Lipinski definition) is 0. The summed E-state index contributed by atoms with van der Waals surface area (Å²) in [4.78, 5) is 0. The molecule has 0 unspecified atom stereocenters. The third kappa shape index (κ3) is 3.45. The summed E-state index contributed by atoms with van der Waals surface area (Å²) < 4.78 is 4.58. The van der Waals surface area contributed by atoms with Crippen molar-refractivity contribution in [1.82, 2.24) is 9.13 Å². The lowest BCUT2D eigenvalue weighted by Crippen LogP contribution is -1.93. The summed E-state index contributed by atoms with van der Waals surface area (Å²) >= 11 is 0. The van der Waals surface area contributed by atoms with Gasteiger partial charge in [0, 0.05) is 29.2 Å². The summed E-state index contributed by atoms with van der Waals surface area (Å²) in [5.41, 5.74) is 7.21. The standard InChI is InChI=1S/C40H26N2/c1-2-8-31(9-3-1)41-22-20-27-14-15-29(25-40(27)41)28-16-19-39-30(24-28)21-23-42(39)32-17-18-37-35-12-5-4-10-33(35)34-11-6-7-13-36(34)38(37)26-32/h1-26H. The van der Waals surface area contributed by atoms with Crippen LogP contribution < -0.4 is 0 Å². The Hall–Kier alpha value is -5.60. The monoisotopic (exact) mass is 534 g/mol. The Bertz CT molecular complexity index is 2420. The summed E-state index contributed by atoms with van der Waals surface area (Å²) in [5.74, 6) is 0. The molecule has 0 radical (unpaired) electrons. The van der Waals surface area contributed by atoms with Crippen molar-refractivity contribution in [2.75, 3.05) is 0 Å². The smallest absolute Gasteiger partial charge is 0.0534 e. The highest BCUT2D eigenvalue weighted by Crippen LogP contribution is 2.37. The molecule has 0 saturated heterocycles. The predicted octanol–water partition coefficient (Wildman–Crippen LogP) is 10.7. The van der Waals surface area contributed by atoms with E-state index in [0.29, 0.717) is 0 Å². The van der Waals surface area contributed by atoms with Gasteiger partial charge in [-0.2, -0.15) is 0 Å². The van der Waals surface area contributed by atoms with Gasteiger partial charge in [-0.25, -0.2) is 0 Å². The van der Waals surface area contributed by atoms with Gasteiger partial charge in [0.05, 0.1) is 11.0 Å². The van der Waals surface area contributed by atoms with Gasteiger partial charge in [0.15, 0.2) is 0 Å². The Morgan fingerprint density at radius 2 is 0.881 bits per heavy atom. The first kappa shape index (κ1) is 23.1. The fourth-order valence-corrected chi connectivity index (χ4v) is 6.71. The largest absolute Gasteiger partial charge is 0.317 e. The molecule has 2 heteroatoms. The molecule has 42 heavy (non-hydrogen) atoms. The van der Waals surface area contributed by atoms with Gasteiger partial charge >= 0.3 is 0 Å². The van der Waals surface area contributed by atoms with E-state index >= 15 is 0 Å². The van der Waals surface area contributed by atoms with Crippen molar-refractivity contribution in [3.63, 3.8) is 0 Å². The molecule has 0 spiro atoms. The normalized spacial score (nSPS) is 11.8. The second-order valence-electron chi connectivity index (χ2n) is 11.1. The van der Waals surface area contributed by atoms with Crippen molar-refractivity contribution in [1.29, 1.82) is 0 Å². The van der Waals surface area contributed by atoms with Gasteiger partial charge in [0.2, 0.25) is 0 Å². The van der Waals surface area contributed by atoms with Crippen LogP contribution in [-0.4, -0.2) is 9.13 Å². The SMILES string of the molecule is c1ccc(-n2ccc3ccc(-c4ccc5c(ccn5-c5ccc6c7ccccc7c7ccccc7c6c5)c4)cc32)cc1. The van der Waals surface area contributed by atoms with Gasteiger partial charge in [-0.05, 0) is 103 Å². The summed E-state index contributed by atoms with van der Waals surface area (Å²) in [7, 11) is 0. The molecule has 2 heterocycles. The Morgan fingerprint density at radius 1 is 0.310 bits per heavy atom. The highest BCUT2D eigenvalue weighted by Gasteiger charge is 2.12. The van der Waals surface area contributed by atoms with E-state index in [-0.39, 0.29) is 0 Å². The van der Waals surface area contributed by atoms with Crippen LogP contribution in [0.4, 0.5) is 0 Å². The van der Waals surface area contributed by atoms with E-state index < -0.39 is 0 Å². The van der Waals surface area contributed by atoms with Crippen LogP contribution in [0.2, 0.25) is 0 Å². The molecule has 9 aromatic rings. The van der Waals surface area contributed by atoms with Crippen molar-refractivity contribution in [2.24, 2.45) is 0 Å². The predicted molar refractivity (Wildman–Crippen MR) is 178 cm³/mol. The van der Waals surface area contributed by atoms with Crippen molar-refractivity contribution in [2.45, 2.75) is 0 Å². The fourth-order valence-electron chi connectivity index (χ4n) is 6.71. The Morgan fingerprint density at radius 3 is 1.62 bits per heavy atom. The molecule has 0 aliphatic rings. The van der Waals surface area contributed by atoms with E-state index in [0.717, 1.165) is 0 Å². The molecular weight excluding hydrogens is 508 g/mol. The van der Waals surface area contributed by atoms with Crippen LogP contribution in [0.1, 0.15) is 0 Å². The topological polar surface area (TPSA) is 9.86 Å². The summed E-state index contributed by atoms with van der Waals surface area (Å²) in [5, 5.41) is 10.3. The lowest BCUT2D eigenvalue weighted by molar-refractivity contribution is 1.13. The fraction of sp³-hybridized carbons (Fsp3) is 0. The molecule has 0 N–H and O–H groups in total. The molecular formula is C40H26N2. The first-order valence-corrected chi connectivity index (χ1v) is 14.4. The van der Waals surface area contributed by atoms with E-state index in [1.807, 2.05) is 0 Å². The van der Waals surface area contributed by atoms with Gasteiger partial charge in [-0.1, -0.05) is 91.0 Å². The zero-order chi connectivity index (χ0) is 27.6. The van der Waals surface area contributed by atoms with Crippen LogP contribution in [0.15, 0.2) is 158 Å².